The number of hydrogen-bond acceptors (Lipinski definition) is 22. The molecule has 1 unspecified atom stereocenters. The van der Waals surface area contributed by atoms with Crippen molar-refractivity contribution in [2.24, 2.45) is 5.92 Å². The molecule has 1 aromatic carbocycles. The molecule has 5 aliphatic rings. The molecule has 22 heteroatoms. The lowest BCUT2D eigenvalue weighted by atomic mass is 9.73. The standard InChI is InChI=1S/C45H70O22/c1-5-6-7-8-20-12-23(60-42-36(56)34(54)30(50)25(14-46)62-42)29(22-11-19(4)9-10-21(22)18(2)3)24(13-20)61-44-38(58)40(32(52)27(16-48)64-44)67-45-39(59)41(33(53)28(17-49)65-45)66-43-37(57)35(55)31(51)26(15-47)63-43/h11-13,21-22,25-28,30-59H,2,5-10,14-17H2,1,3-4H3/t21?,22-,25-,26+,27+,28+,30-,31+,32+,33+,34+,35-,36-,37+,38+,39+,40-,41-,42-,43-,44+,45-/m1/s1. The van der Waals surface area contributed by atoms with Crippen LogP contribution in [0, 0.1) is 5.92 Å². The summed E-state index contributed by atoms with van der Waals surface area (Å²) in [6.07, 6.45) is -28.8. The number of ether oxygens (including phenoxy) is 8. The van der Waals surface area contributed by atoms with Gasteiger partial charge in [0.1, 0.15) is 109 Å². The van der Waals surface area contributed by atoms with Gasteiger partial charge in [-0.2, -0.15) is 0 Å². The summed E-state index contributed by atoms with van der Waals surface area (Å²) in [4.78, 5) is 0. The van der Waals surface area contributed by atoms with E-state index in [-0.39, 0.29) is 17.4 Å². The van der Waals surface area contributed by atoms with Gasteiger partial charge >= 0.3 is 0 Å². The highest BCUT2D eigenvalue weighted by Gasteiger charge is 2.54. The molecule has 0 spiro atoms. The van der Waals surface area contributed by atoms with Gasteiger partial charge in [-0.3, -0.25) is 0 Å². The van der Waals surface area contributed by atoms with Crippen LogP contribution in [-0.4, -0.2) is 221 Å². The minimum atomic E-state index is -2.05. The van der Waals surface area contributed by atoms with E-state index in [4.69, 9.17) is 37.9 Å². The van der Waals surface area contributed by atoms with Crippen molar-refractivity contribution < 1.29 is 109 Å². The quantitative estimate of drug-likeness (QED) is 0.0500. The fourth-order valence-electron chi connectivity index (χ4n) is 9.35. The highest BCUT2D eigenvalue weighted by molar-refractivity contribution is 5.53. The molecule has 4 aliphatic heterocycles. The second kappa shape index (κ2) is 23.6. The molecule has 0 saturated carbocycles. The van der Waals surface area contributed by atoms with Crippen molar-refractivity contribution in [3.05, 3.63) is 47.1 Å². The maximum absolute atomic E-state index is 12.0. The van der Waals surface area contributed by atoms with Crippen molar-refractivity contribution in [2.45, 2.75) is 188 Å². The van der Waals surface area contributed by atoms with Crippen LogP contribution in [-0.2, 0) is 34.8 Å². The molecule has 6 rings (SSSR count). The molecular weight excluding hydrogens is 892 g/mol. The Kier molecular flexibility index (Phi) is 19.0. The second-order valence-electron chi connectivity index (χ2n) is 18.2. The Balaban J connectivity index is 1.37. The highest BCUT2D eigenvalue weighted by Crippen LogP contribution is 2.49. The Morgan fingerprint density at radius 2 is 1.00 bits per heavy atom. The number of rotatable bonds is 18. The largest absolute Gasteiger partial charge is 0.462 e. The van der Waals surface area contributed by atoms with E-state index in [1.807, 2.05) is 26.8 Å². The van der Waals surface area contributed by atoms with Gasteiger partial charge in [-0.15, -0.1) is 0 Å². The fourth-order valence-corrected chi connectivity index (χ4v) is 9.35. The third kappa shape index (κ3) is 11.7. The van der Waals surface area contributed by atoms with Gasteiger partial charge in [-0.25, -0.2) is 0 Å². The van der Waals surface area contributed by atoms with Crippen molar-refractivity contribution in [1.82, 2.24) is 0 Å². The zero-order valence-electron chi connectivity index (χ0n) is 37.7. The molecule has 67 heavy (non-hydrogen) atoms. The summed E-state index contributed by atoms with van der Waals surface area (Å²) in [5.74, 6) is -0.555. The van der Waals surface area contributed by atoms with Crippen LogP contribution in [0.1, 0.15) is 69.9 Å². The van der Waals surface area contributed by atoms with Crippen LogP contribution >= 0.6 is 0 Å². The average Bonchev–Trinajstić information content (AvgIpc) is 3.30. The molecule has 0 aromatic heterocycles. The molecule has 14 N–H and O–H groups in total. The lowest BCUT2D eigenvalue weighted by Crippen LogP contribution is -2.67. The minimum Gasteiger partial charge on any atom is -0.462 e. The van der Waals surface area contributed by atoms with E-state index in [0.717, 1.165) is 36.8 Å². The van der Waals surface area contributed by atoms with Crippen LogP contribution in [0.3, 0.4) is 0 Å². The van der Waals surface area contributed by atoms with Crippen LogP contribution in [0.15, 0.2) is 35.9 Å². The monoisotopic (exact) mass is 962 g/mol. The summed E-state index contributed by atoms with van der Waals surface area (Å²) in [5, 5.41) is 150. The van der Waals surface area contributed by atoms with Crippen LogP contribution < -0.4 is 9.47 Å². The molecule has 4 saturated heterocycles. The van der Waals surface area contributed by atoms with Crippen molar-refractivity contribution >= 4 is 0 Å². The summed E-state index contributed by atoms with van der Waals surface area (Å²) in [6.45, 7) is 6.84. The predicted molar refractivity (Wildman–Crippen MR) is 228 cm³/mol. The van der Waals surface area contributed by atoms with E-state index in [2.05, 4.69) is 6.58 Å². The summed E-state index contributed by atoms with van der Waals surface area (Å²) in [6, 6.07) is 3.44. The summed E-state index contributed by atoms with van der Waals surface area (Å²) >= 11 is 0. The first-order valence-electron chi connectivity index (χ1n) is 22.9. The number of aliphatic hydroxyl groups is 14. The number of aryl methyl sites for hydroxylation is 1. The lowest BCUT2D eigenvalue weighted by Gasteiger charge is -2.48. The van der Waals surface area contributed by atoms with Gasteiger partial charge in [0.05, 0.1) is 26.4 Å². The van der Waals surface area contributed by atoms with E-state index >= 15 is 0 Å². The Morgan fingerprint density at radius 3 is 1.46 bits per heavy atom. The third-order valence-electron chi connectivity index (χ3n) is 13.4. The molecular formula is C45H70O22. The first kappa shape index (κ1) is 53.8. The third-order valence-corrected chi connectivity index (χ3v) is 13.4. The molecule has 0 radical (unpaired) electrons. The van der Waals surface area contributed by atoms with E-state index in [9.17, 15) is 71.5 Å². The van der Waals surface area contributed by atoms with E-state index in [1.54, 1.807) is 12.1 Å². The molecule has 4 fully saturated rings. The zero-order valence-corrected chi connectivity index (χ0v) is 37.7. The maximum Gasteiger partial charge on any atom is 0.229 e. The number of unbranched alkanes of at least 4 members (excludes halogenated alkanes) is 2. The fraction of sp³-hybridized carbons (Fsp3) is 0.778. The molecule has 22 atom stereocenters. The van der Waals surface area contributed by atoms with Gasteiger partial charge in [0, 0.05) is 11.5 Å². The zero-order chi connectivity index (χ0) is 49.0. The van der Waals surface area contributed by atoms with Crippen LogP contribution in [0.4, 0.5) is 0 Å². The molecule has 22 nitrogen and oxygen atoms in total. The van der Waals surface area contributed by atoms with Crippen molar-refractivity contribution in [3.63, 3.8) is 0 Å². The summed E-state index contributed by atoms with van der Waals surface area (Å²) < 4.78 is 47.6. The number of benzene rings is 1. The molecule has 0 amide bonds. The molecule has 4 heterocycles. The van der Waals surface area contributed by atoms with Gasteiger partial charge in [-0.05, 0) is 63.1 Å². The number of aliphatic hydroxyl groups excluding tert-OH is 14. The SMILES string of the molecule is C=C(C)C1CCC(C)=C[C@H]1c1c(O[C@H]2O[C@@H](CO)[C@H](O)[C@@H](O[C@H]3O[C@@H](CO)[C@H](O)[C@@H](O[C@H]4O[C@@H](CO)[C@H](O)[C@@H](O)[C@@H]4O)[C@@H]3O)[C@@H]2O)cc(CCCCC)cc1O[C@@H]1O[C@H](CO)[C@@H](O)[C@H](O)[C@H]1O. The van der Waals surface area contributed by atoms with Crippen LogP contribution in [0.5, 0.6) is 11.5 Å². The first-order valence-corrected chi connectivity index (χ1v) is 22.9. The first-order chi connectivity index (χ1) is 31.9. The van der Waals surface area contributed by atoms with E-state index in [0.29, 0.717) is 24.0 Å². The second-order valence-corrected chi connectivity index (χ2v) is 18.2. The number of hydrogen-bond donors (Lipinski definition) is 14. The molecule has 0 bridgehead atoms. The van der Waals surface area contributed by atoms with Crippen molar-refractivity contribution in [2.75, 3.05) is 26.4 Å². The lowest BCUT2D eigenvalue weighted by molar-refractivity contribution is -0.378. The summed E-state index contributed by atoms with van der Waals surface area (Å²) in [7, 11) is 0. The van der Waals surface area contributed by atoms with Crippen LogP contribution in [0.25, 0.3) is 0 Å². The van der Waals surface area contributed by atoms with Gasteiger partial charge in [-0.1, -0.05) is 43.6 Å². The van der Waals surface area contributed by atoms with Crippen LogP contribution in [0.2, 0.25) is 0 Å². The summed E-state index contributed by atoms with van der Waals surface area (Å²) in [5.41, 5.74) is 2.84. The van der Waals surface area contributed by atoms with E-state index < -0.39 is 155 Å². The maximum atomic E-state index is 12.0. The number of allylic oxidation sites excluding steroid dienone is 3. The average molecular weight is 963 g/mol. The van der Waals surface area contributed by atoms with Gasteiger partial charge in [0.25, 0.3) is 0 Å². The minimum absolute atomic E-state index is 0.0806. The smallest absolute Gasteiger partial charge is 0.229 e. The Hall–Kier alpha value is -2.50. The van der Waals surface area contributed by atoms with E-state index in [1.165, 1.54) is 0 Å². The van der Waals surface area contributed by atoms with Gasteiger partial charge < -0.3 is 109 Å². The molecule has 1 aromatic rings. The van der Waals surface area contributed by atoms with Gasteiger partial charge in [0.15, 0.2) is 12.6 Å². The van der Waals surface area contributed by atoms with Gasteiger partial charge in [0.2, 0.25) is 12.6 Å². The highest BCUT2D eigenvalue weighted by atomic mass is 16.8. The predicted octanol–water partition coefficient (Wildman–Crippen LogP) is -3.56. The Labute approximate surface area is 387 Å². The Bertz CT molecular complexity index is 1780. The van der Waals surface area contributed by atoms with Crippen molar-refractivity contribution in [1.29, 1.82) is 0 Å². The molecule has 382 valence electrons. The Morgan fingerprint density at radius 1 is 0.582 bits per heavy atom. The topological polar surface area (TPSA) is 357 Å². The van der Waals surface area contributed by atoms with Crippen molar-refractivity contribution in [3.8, 4) is 11.5 Å². The normalized spacial score (nSPS) is 42.8. The molecule has 1 aliphatic carbocycles.